The van der Waals surface area contributed by atoms with Crippen LogP contribution >= 0.6 is 0 Å². The summed E-state index contributed by atoms with van der Waals surface area (Å²) in [7, 11) is 3.72. The third kappa shape index (κ3) is 3.11. The Bertz CT molecular complexity index is 887. The first kappa shape index (κ1) is 19.6. The molecule has 0 N–H and O–H groups in total. The number of methoxy groups -OCH3 is 1. The van der Waals surface area contributed by atoms with E-state index >= 15 is 0 Å². The maximum Gasteiger partial charge on any atom is 0.230 e. The van der Waals surface area contributed by atoms with Gasteiger partial charge in [0, 0.05) is 26.2 Å². The molecule has 4 atom stereocenters. The number of nitrogens with zero attached hydrogens (tertiary/aromatic N) is 3. The van der Waals surface area contributed by atoms with E-state index < -0.39 is 17.4 Å². The van der Waals surface area contributed by atoms with E-state index in [1.807, 2.05) is 46.2 Å². The summed E-state index contributed by atoms with van der Waals surface area (Å²) in [6.07, 6.45) is 4.69. The number of likely N-dealkylation sites (tertiary alicyclic amines) is 1. The van der Waals surface area contributed by atoms with Crippen LogP contribution in [0.25, 0.3) is 0 Å². The highest BCUT2D eigenvalue weighted by Gasteiger charge is 2.67. The van der Waals surface area contributed by atoms with E-state index in [1.54, 1.807) is 7.11 Å². The zero-order valence-electron chi connectivity index (χ0n) is 17.6. The predicted octanol–water partition coefficient (Wildman–Crippen LogP) is 1.14. The normalized spacial score (nSPS) is 33.1. The van der Waals surface area contributed by atoms with Crippen LogP contribution in [0.15, 0.2) is 36.4 Å². The fourth-order valence-corrected chi connectivity index (χ4v) is 5.46. The molecule has 7 nitrogen and oxygen atoms in total. The molecular weight excluding hydrogens is 382 g/mol. The average Bonchev–Trinajstić information content (AvgIpc) is 3.32. The van der Waals surface area contributed by atoms with Crippen molar-refractivity contribution in [1.82, 2.24) is 14.7 Å². The van der Waals surface area contributed by atoms with Crippen LogP contribution in [0.5, 0.6) is 5.75 Å². The SMILES string of the molecule is COc1cccc(CN2C[C@]34C=C[C@H](O3)[C@@H](C(=O)N3CCCN(C)CC3)[C@@H]4C2=O)c1. The van der Waals surface area contributed by atoms with Gasteiger partial charge in [0.05, 0.1) is 31.6 Å². The molecule has 1 spiro atoms. The summed E-state index contributed by atoms with van der Waals surface area (Å²) in [6, 6.07) is 7.76. The molecule has 2 bridgehead atoms. The minimum atomic E-state index is -0.663. The van der Waals surface area contributed by atoms with E-state index in [9.17, 15) is 9.59 Å². The number of amides is 2. The highest BCUT2D eigenvalue weighted by atomic mass is 16.5. The lowest BCUT2D eigenvalue weighted by Gasteiger charge is -2.29. The highest BCUT2D eigenvalue weighted by molar-refractivity contribution is 5.93. The number of carbonyl (C=O) groups excluding carboxylic acids is 2. The van der Waals surface area contributed by atoms with Crippen molar-refractivity contribution in [1.29, 1.82) is 0 Å². The zero-order chi connectivity index (χ0) is 20.9. The lowest BCUT2D eigenvalue weighted by Crippen LogP contribution is -2.47. The minimum absolute atomic E-state index is 0.0231. The molecule has 0 aromatic heterocycles. The van der Waals surface area contributed by atoms with Crippen LogP contribution in [-0.2, 0) is 20.9 Å². The van der Waals surface area contributed by atoms with Crippen LogP contribution < -0.4 is 4.74 Å². The van der Waals surface area contributed by atoms with Gasteiger partial charge >= 0.3 is 0 Å². The maximum atomic E-state index is 13.5. The van der Waals surface area contributed by atoms with Crippen molar-refractivity contribution in [3.8, 4) is 5.75 Å². The summed E-state index contributed by atoms with van der Waals surface area (Å²) in [5, 5.41) is 0. The molecule has 0 aliphatic carbocycles. The van der Waals surface area contributed by atoms with Crippen molar-refractivity contribution >= 4 is 11.8 Å². The summed E-state index contributed by atoms with van der Waals surface area (Å²) >= 11 is 0. The molecule has 4 heterocycles. The van der Waals surface area contributed by atoms with Crippen LogP contribution in [-0.4, -0.2) is 85.1 Å². The number of hydrogen-bond acceptors (Lipinski definition) is 5. The Morgan fingerprint density at radius 2 is 2.13 bits per heavy atom. The average molecular weight is 412 g/mol. The van der Waals surface area contributed by atoms with Crippen molar-refractivity contribution in [3.63, 3.8) is 0 Å². The lowest BCUT2D eigenvalue weighted by molar-refractivity contribution is -0.143. The molecule has 5 rings (SSSR count). The molecule has 0 radical (unpaired) electrons. The Balaban J connectivity index is 1.36. The second-order valence-electron chi connectivity index (χ2n) is 8.93. The van der Waals surface area contributed by atoms with Gasteiger partial charge in [-0.3, -0.25) is 9.59 Å². The maximum absolute atomic E-state index is 13.5. The van der Waals surface area contributed by atoms with Crippen molar-refractivity contribution < 1.29 is 19.1 Å². The molecule has 160 valence electrons. The van der Waals surface area contributed by atoms with E-state index in [2.05, 4.69) is 11.9 Å². The second-order valence-corrected chi connectivity index (χ2v) is 8.93. The Morgan fingerprint density at radius 1 is 1.27 bits per heavy atom. The first-order valence-electron chi connectivity index (χ1n) is 10.8. The van der Waals surface area contributed by atoms with Crippen LogP contribution in [0.1, 0.15) is 12.0 Å². The topological polar surface area (TPSA) is 62.3 Å². The van der Waals surface area contributed by atoms with E-state index in [4.69, 9.17) is 9.47 Å². The molecule has 4 aliphatic rings. The van der Waals surface area contributed by atoms with Gasteiger partial charge in [0.25, 0.3) is 0 Å². The number of fused-ring (bicyclic) bond motifs is 1. The largest absolute Gasteiger partial charge is 0.497 e. The summed E-state index contributed by atoms with van der Waals surface area (Å²) in [5.41, 5.74) is 0.347. The van der Waals surface area contributed by atoms with Crippen LogP contribution in [0.3, 0.4) is 0 Å². The number of likely N-dealkylation sites (N-methyl/N-ethyl adjacent to an activating group) is 1. The minimum Gasteiger partial charge on any atom is -0.497 e. The fourth-order valence-electron chi connectivity index (χ4n) is 5.46. The Kier molecular flexibility index (Phi) is 4.82. The van der Waals surface area contributed by atoms with E-state index in [-0.39, 0.29) is 17.9 Å². The number of rotatable bonds is 4. The standard InChI is InChI=1S/C23H29N3O4/c1-24-9-4-10-25(12-11-24)21(27)19-18-7-8-23(30-18)15-26(22(28)20(19)23)14-16-5-3-6-17(13-16)29-2/h3,5-8,13,18-20H,4,9-12,14-15H2,1-2H3/t18-,19+,20+,23-/m0/s1. The molecule has 0 unspecified atom stereocenters. The summed E-state index contributed by atoms with van der Waals surface area (Å²) in [5.74, 6) is 0.0274. The van der Waals surface area contributed by atoms with Gasteiger partial charge in [0.2, 0.25) is 11.8 Å². The van der Waals surface area contributed by atoms with Gasteiger partial charge in [-0.1, -0.05) is 24.3 Å². The molecule has 1 aromatic rings. The fraction of sp³-hybridized carbons (Fsp3) is 0.565. The van der Waals surface area contributed by atoms with E-state index in [0.717, 1.165) is 37.4 Å². The van der Waals surface area contributed by atoms with Crippen LogP contribution in [0, 0.1) is 11.8 Å². The van der Waals surface area contributed by atoms with Crippen molar-refractivity contribution in [3.05, 3.63) is 42.0 Å². The van der Waals surface area contributed by atoms with E-state index in [0.29, 0.717) is 19.6 Å². The third-order valence-electron chi connectivity index (χ3n) is 7.00. The monoisotopic (exact) mass is 411 g/mol. The van der Waals surface area contributed by atoms with Crippen molar-refractivity contribution in [2.45, 2.75) is 24.7 Å². The Hall–Kier alpha value is -2.38. The molecular formula is C23H29N3O4. The number of benzene rings is 1. The Morgan fingerprint density at radius 3 is 2.97 bits per heavy atom. The first-order valence-corrected chi connectivity index (χ1v) is 10.8. The highest BCUT2D eigenvalue weighted by Crippen LogP contribution is 2.52. The number of ether oxygens (including phenoxy) is 2. The predicted molar refractivity (Wildman–Crippen MR) is 111 cm³/mol. The summed E-state index contributed by atoms with van der Waals surface area (Å²) in [6.45, 7) is 4.31. The van der Waals surface area contributed by atoms with Gasteiger partial charge in [-0.2, -0.15) is 0 Å². The molecule has 3 saturated heterocycles. The van der Waals surface area contributed by atoms with Gasteiger partial charge < -0.3 is 24.2 Å². The molecule has 3 fully saturated rings. The van der Waals surface area contributed by atoms with Crippen molar-refractivity contribution in [2.24, 2.45) is 11.8 Å². The van der Waals surface area contributed by atoms with Gasteiger partial charge in [-0.05, 0) is 37.7 Å². The second kappa shape index (κ2) is 7.39. The molecule has 2 amide bonds. The van der Waals surface area contributed by atoms with Crippen molar-refractivity contribution in [2.75, 3.05) is 46.9 Å². The van der Waals surface area contributed by atoms with Crippen LogP contribution in [0.4, 0.5) is 0 Å². The van der Waals surface area contributed by atoms with Gasteiger partial charge in [-0.25, -0.2) is 0 Å². The molecule has 1 aromatic carbocycles. The van der Waals surface area contributed by atoms with Gasteiger partial charge in [-0.15, -0.1) is 0 Å². The van der Waals surface area contributed by atoms with Gasteiger partial charge in [0.1, 0.15) is 11.4 Å². The zero-order valence-corrected chi connectivity index (χ0v) is 17.6. The van der Waals surface area contributed by atoms with Gasteiger partial charge in [0.15, 0.2) is 0 Å². The summed E-state index contributed by atoms with van der Waals surface area (Å²) in [4.78, 5) is 33.0. The molecule has 0 saturated carbocycles. The Labute approximate surface area is 177 Å². The molecule has 4 aliphatic heterocycles. The number of carbonyl (C=O) groups is 2. The smallest absolute Gasteiger partial charge is 0.230 e. The quantitative estimate of drug-likeness (QED) is 0.696. The number of hydrogen-bond donors (Lipinski definition) is 0. The lowest BCUT2D eigenvalue weighted by atomic mass is 9.76. The first-order chi connectivity index (χ1) is 14.5. The summed E-state index contributed by atoms with van der Waals surface area (Å²) < 4.78 is 11.6. The third-order valence-corrected chi connectivity index (χ3v) is 7.00. The van der Waals surface area contributed by atoms with Crippen LogP contribution in [0.2, 0.25) is 0 Å². The molecule has 30 heavy (non-hydrogen) atoms. The van der Waals surface area contributed by atoms with E-state index in [1.165, 1.54) is 0 Å². The molecule has 7 heteroatoms.